The van der Waals surface area contributed by atoms with Crippen LogP contribution < -0.4 is 10.6 Å². The average molecular weight is 613 g/mol. The molecule has 3 aromatic rings. The summed E-state index contributed by atoms with van der Waals surface area (Å²) in [5.41, 5.74) is 11.1. The van der Waals surface area contributed by atoms with Crippen LogP contribution in [0.15, 0.2) is 102 Å². The van der Waals surface area contributed by atoms with E-state index in [-0.39, 0.29) is 11.9 Å². The van der Waals surface area contributed by atoms with Crippen LogP contribution in [-0.4, -0.2) is 0 Å². The van der Waals surface area contributed by atoms with E-state index < -0.39 is 0 Å². The lowest BCUT2D eigenvalue weighted by Crippen LogP contribution is -2.20. The van der Waals surface area contributed by atoms with Crippen LogP contribution in [0, 0.1) is 5.82 Å². The van der Waals surface area contributed by atoms with Crippen molar-refractivity contribution in [3.8, 4) is 11.1 Å². The van der Waals surface area contributed by atoms with E-state index in [1.807, 2.05) is 93.5 Å². The number of anilines is 1. The zero-order chi connectivity index (χ0) is 34.4. The first-order valence-corrected chi connectivity index (χ1v) is 17.1. The molecule has 1 aliphatic carbocycles. The molecule has 0 saturated carbocycles. The third-order valence-electron chi connectivity index (χ3n) is 6.40. The largest absolute Gasteiger partial charge is 0.380 e. The average Bonchev–Trinajstić information content (AvgIpc) is 3.46. The standard InChI is InChI=1S/C31H29FN2.C3H8.4C2H6/c1-20(2)12-15-28(25-10-6-7-11-27(25)32)34-30-17-14-24-23-9-5-4-8-22(23)18-26(24)31(30)29-16-13-21(3)19-33-29;1-3-2;4*1-2/h4-17,19,29,33-34H,18H2,1-3H3;3H2,1-2H3;4*1-2H3/b28-15-;;;;;. The Morgan fingerprint density at radius 3 is 2.00 bits per heavy atom. The molecule has 3 aromatic carbocycles. The van der Waals surface area contributed by atoms with Crippen LogP contribution in [0.25, 0.3) is 16.8 Å². The van der Waals surface area contributed by atoms with E-state index in [1.165, 1.54) is 45.9 Å². The summed E-state index contributed by atoms with van der Waals surface area (Å²) in [5, 5.41) is 7.17. The maximum atomic E-state index is 14.8. The molecule has 0 bridgehead atoms. The predicted octanol–water partition coefficient (Wildman–Crippen LogP) is 13.4. The van der Waals surface area contributed by atoms with Gasteiger partial charge < -0.3 is 10.6 Å². The number of hydrogen-bond donors (Lipinski definition) is 2. The molecule has 0 saturated heterocycles. The van der Waals surface area contributed by atoms with Crippen molar-refractivity contribution in [2.45, 2.75) is 109 Å². The first kappa shape index (κ1) is 41.1. The Hall–Kier alpha value is -3.85. The number of rotatable bonds is 5. The first-order valence-electron chi connectivity index (χ1n) is 17.1. The van der Waals surface area contributed by atoms with Crippen molar-refractivity contribution in [3.63, 3.8) is 0 Å². The normalized spacial score (nSPS) is 13.2. The highest BCUT2D eigenvalue weighted by Crippen LogP contribution is 2.44. The van der Waals surface area contributed by atoms with Gasteiger partial charge in [0.1, 0.15) is 5.82 Å². The van der Waals surface area contributed by atoms with Gasteiger partial charge in [-0.15, -0.1) is 0 Å². The lowest BCUT2D eigenvalue weighted by Gasteiger charge is -2.25. The minimum Gasteiger partial charge on any atom is -0.380 e. The Morgan fingerprint density at radius 1 is 0.822 bits per heavy atom. The molecule has 1 atom stereocenters. The molecule has 0 aromatic heterocycles. The summed E-state index contributed by atoms with van der Waals surface area (Å²) in [7, 11) is 0. The van der Waals surface area contributed by atoms with Crippen molar-refractivity contribution in [2.75, 3.05) is 5.32 Å². The Bertz CT molecular complexity index is 1390. The van der Waals surface area contributed by atoms with Crippen LogP contribution in [0.3, 0.4) is 0 Å². The van der Waals surface area contributed by atoms with Crippen molar-refractivity contribution >= 4 is 11.4 Å². The number of halogens is 1. The van der Waals surface area contributed by atoms with Crippen LogP contribution >= 0.6 is 0 Å². The summed E-state index contributed by atoms with van der Waals surface area (Å²) in [6.07, 6.45) is 12.5. The van der Waals surface area contributed by atoms with Gasteiger partial charge >= 0.3 is 0 Å². The molecule has 0 amide bonds. The summed E-state index contributed by atoms with van der Waals surface area (Å²) in [4.78, 5) is 0. The van der Waals surface area contributed by atoms with Crippen molar-refractivity contribution < 1.29 is 4.39 Å². The quantitative estimate of drug-likeness (QED) is 0.219. The van der Waals surface area contributed by atoms with Gasteiger partial charge in [0.15, 0.2) is 0 Å². The third-order valence-corrected chi connectivity index (χ3v) is 6.40. The van der Waals surface area contributed by atoms with Gasteiger partial charge in [0.2, 0.25) is 0 Å². The molecule has 0 spiro atoms. The van der Waals surface area contributed by atoms with E-state index in [0.29, 0.717) is 5.56 Å². The van der Waals surface area contributed by atoms with Gasteiger partial charge in [0, 0.05) is 28.7 Å². The number of allylic oxidation sites excluding steroid dienone is 5. The Labute approximate surface area is 276 Å². The minimum atomic E-state index is -0.243. The SMILES string of the molecule is CC.CC.CC.CC.CC(C)=C/C=C(\Nc1ccc2c(c1C1C=CC(C)=CN1)Cc1ccccc1-2)c1ccccc1F.CCC. The molecular formula is C42H61FN2. The number of nitrogens with one attached hydrogen (secondary N) is 2. The molecule has 246 valence electrons. The fourth-order valence-electron chi connectivity index (χ4n) is 4.73. The zero-order valence-electron chi connectivity index (χ0n) is 30.5. The number of dihydropyridines is 1. The molecule has 1 aliphatic heterocycles. The second-order valence-electron chi connectivity index (χ2n) is 9.91. The molecule has 5 rings (SSSR count). The molecule has 1 unspecified atom stereocenters. The van der Waals surface area contributed by atoms with E-state index in [4.69, 9.17) is 0 Å². The summed E-state index contributed by atoms with van der Waals surface area (Å²) in [6, 6.07) is 19.9. The van der Waals surface area contributed by atoms with E-state index >= 15 is 0 Å². The molecule has 2 N–H and O–H groups in total. The molecular weight excluding hydrogens is 551 g/mol. The smallest absolute Gasteiger partial charge is 0.132 e. The van der Waals surface area contributed by atoms with Gasteiger partial charge in [-0.1, -0.05) is 142 Å². The fourth-order valence-corrected chi connectivity index (χ4v) is 4.73. The molecule has 1 heterocycles. The Morgan fingerprint density at radius 2 is 1.42 bits per heavy atom. The highest BCUT2D eigenvalue weighted by Gasteiger charge is 2.27. The van der Waals surface area contributed by atoms with Crippen molar-refractivity contribution in [3.05, 3.63) is 130 Å². The second-order valence-corrected chi connectivity index (χ2v) is 9.91. The maximum Gasteiger partial charge on any atom is 0.132 e. The molecule has 0 fully saturated rings. The van der Waals surface area contributed by atoms with Gasteiger partial charge in [0.05, 0.1) is 6.04 Å². The Kier molecular flexibility index (Phi) is 21.5. The van der Waals surface area contributed by atoms with Crippen molar-refractivity contribution in [2.24, 2.45) is 0 Å². The van der Waals surface area contributed by atoms with Crippen LogP contribution in [0.4, 0.5) is 10.1 Å². The highest BCUT2D eigenvalue weighted by atomic mass is 19.1. The van der Waals surface area contributed by atoms with Gasteiger partial charge in [-0.3, -0.25) is 0 Å². The summed E-state index contributed by atoms with van der Waals surface area (Å²) < 4.78 is 14.8. The summed E-state index contributed by atoms with van der Waals surface area (Å²) in [5.74, 6) is -0.243. The van der Waals surface area contributed by atoms with Gasteiger partial charge in [-0.2, -0.15) is 0 Å². The molecule has 2 aliphatic rings. The number of fused-ring (bicyclic) bond motifs is 3. The number of benzene rings is 3. The van der Waals surface area contributed by atoms with E-state index in [0.717, 1.165) is 23.4 Å². The maximum absolute atomic E-state index is 14.8. The minimum absolute atomic E-state index is 0.0285. The van der Waals surface area contributed by atoms with E-state index in [2.05, 4.69) is 86.2 Å². The molecule has 0 radical (unpaired) electrons. The van der Waals surface area contributed by atoms with Crippen LogP contribution in [0.1, 0.15) is 125 Å². The monoisotopic (exact) mass is 612 g/mol. The van der Waals surface area contributed by atoms with Crippen LogP contribution in [0.5, 0.6) is 0 Å². The van der Waals surface area contributed by atoms with Gasteiger partial charge in [0.25, 0.3) is 0 Å². The van der Waals surface area contributed by atoms with E-state index in [9.17, 15) is 4.39 Å². The summed E-state index contributed by atoms with van der Waals surface area (Å²) >= 11 is 0. The van der Waals surface area contributed by atoms with Gasteiger partial charge in [-0.25, -0.2) is 4.39 Å². The summed E-state index contributed by atoms with van der Waals surface area (Å²) in [6.45, 7) is 26.4. The number of hydrogen-bond acceptors (Lipinski definition) is 2. The lowest BCUT2D eigenvalue weighted by atomic mass is 9.92. The third kappa shape index (κ3) is 11.9. The van der Waals surface area contributed by atoms with Gasteiger partial charge in [-0.05, 0) is 79.3 Å². The first-order chi connectivity index (χ1) is 21.9. The van der Waals surface area contributed by atoms with Crippen molar-refractivity contribution in [1.29, 1.82) is 0 Å². The molecule has 3 heteroatoms. The van der Waals surface area contributed by atoms with E-state index in [1.54, 1.807) is 6.07 Å². The van der Waals surface area contributed by atoms with Crippen LogP contribution in [0.2, 0.25) is 0 Å². The highest BCUT2D eigenvalue weighted by molar-refractivity contribution is 5.86. The topological polar surface area (TPSA) is 24.1 Å². The Balaban J connectivity index is 0.00000158. The zero-order valence-corrected chi connectivity index (χ0v) is 30.5. The van der Waals surface area contributed by atoms with Crippen LogP contribution in [-0.2, 0) is 6.42 Å². The second kappa shape index (κ2) is 23.5. The van der Waals surface area contributed by atoms with Crippen molar-refractivity contribution in [1.82, 2.24) is 5.32 Å². The lowest BCUT2D eigenvalue weighted by molar-refractivity contribution is 0.624. The predicted molar refractivity (Wildman–Crippen MR) is 202 cm³/mol. The molecule has 2 nitrogen and oxygen atoms in total. The molecule has 45 heavy (non-hydrogen) atoms. The fraction of sp³-hybridized carbons (Fsp3) is 0.381.